The number of nitrogens with one attached hydrogen (secondary N) is 1. The van der Waals surface area contributed by atoms with Gasteiger partial charge >= 0.3 is 0 Å². The molecule has 0 atom stereocenters. The second kappa shape index (κ2) is 8.23. The third kappa shape index (κ3) is 4.11. The lowest BCUT2D eigenvalue weighted by atomic mass is 10.0. The number of carbonyl (C=O) groups is 2. The van der Waals surface area contributed by atoms with Gasteiger partial charge < -0.3 is 24.4 Å². The fourth-order valence-corrected chi connectivity index (χ4v) is 3.75. The first-order valence-electron chi connectivity index (χ1n) is 9.72. The minimum absolute atomic E-state index is 0.0928. The Bertz CT molecular complexity index is 898. The molecule has 2 fully saturated rings. The molecule has 0 unspecified atom stereocenters. The number of nitrogens with zero attached hydrogens (tertiary/aromatic N) is 1. The first kappa shape index (κ1) is 19.4. The van der Waals surface area contributed by atoms with Gasteiger partial charge in [0.05, 0.1) is 26.0 Å². The summed E-state index contributed by atoms with van der Waals surface area (Å²) in [5.74, 6) is -0.334. The summed E-state index contributed by atoms with van der Waals surface area (Å²) in [5.41, 5.74) is 1.48. The maximum atomic E-state index is 12.9. The van der Waals surface area contributed by atoms with E-state index in [-0.39, 0.29) is 11.8 Å². The molecule has 1 N–H and O–H groups in total. The van der Waals surface area contributed by atoms with Gasteiger partial charge in [0.25, 0.3) is 11.8 Å². The zero-order valence-electron chi connectivity index (χ0n) is 16.3. The van der Waals surface area contributed by atoms with Crippen molar-refractivity contribution in [3.05, 3.63) is 59.7 Å². The number of hydrogen-bond acceptors (Lipinski definition) is 5. The Morgan fingerprint density at radius 2 is 1.69 bits per heavy atom. The van der Waals surface area contributed by atoms with Crippen LogP contribution >= 0.6 is 0 Å². The SMILES string of the molecule is COc1ccccc1NC(=O)c1cccc(C(=O)N2CCC3(CC2)OCCO3)c1. The molecule has 29 heavy (non-hydrogen) atoms. The van der Waals surface area contributed by atoms with Crippen molar-refractivity contribution >= 4 is 17.5 Å². The molecule has 0 aliphatic carbocycles. The van der Waals surface area contributed by atoms with Gasteiger partial charge in [-0.1, -0.05) is 18.2 Å². The highest BCUT2D eigenvalue weighted by Gasteiger charge is 2.40. The topological polar surface area (TPSA) is 77.1 Å². The van der Waals surface area contributed by atoms with Crippen LogP contribution in [0.1, 0.15) is 33.6 Å². The standard InChI is InChI=1S/C22H24N2O5/c1-27-19-8-3-2-7-18(19)23-20(25)16-5-4-6-17(15-16)21(26)24-11-9-22(10-12-24)28-13-14-29-22/h2-8,15H,9-14H2,1H3,(H,23,25). The number of likely N-dealkylation sites (tertiary alicyclic amines) is 1. The van der Waals surface area contributed by atoms with Gasteiger partial charge in [0.2, 0.25) is 0 Å². The monoisotopic (exact) mass is 396 g/mol. The van der Waals surface area contributed by atoms with Crippen LogP contribution in [0, 0.1) is 0 Å². The minimum atomic E-state index is -0.521. The molecule has 2 heterocycles. The molecule has 4 rings (SSSR count). The molecule has 0 saturated carbocycles. The van der Waals surface area contributed by atoms with Crippen LogP contribution in [0.15, 0.2) is 48.5 Å². The molecule has 7 nitrogen and oxygen atoms in total. The second-order valence-electron chi connectivity index (χ2n) is 7.14. The number of benzene rings is 2. The first-order valence-corrected chi connectivity index (χ1v) is 9.72. The van der Waals surface area contributed by atoms with Gasteiger partial charge in [-0.25, -0.2) is 0 Å². The largest absolute Gasteiger partial charge is 0.495 e. The molecule has 2 aliphatic rings. The second-order valence-corrected chi connectivity index (χ2v) is 7.14. The summed E-state index contributed by atoms with van der Waals surface area (Å²) < 4.78 is 16.7. The quantitative estimate of drug-likeness (QED) is 0.860. The van der Waals surface area contributed by atoms with E-state index in [0.717, 1.165) is 0 Å². The average molecular weight is 396 g/mol. The third-order valence-electron chi connectivity index (χ3n) is 5.35. The zero-order chi connectivity index (χ0) is 20.3. The lowest BCUT2D eigenvalue weighted by Gasteiger charge is -2.37. The highest BCUT2D eigenvalue weighted by Crippen LogP contribution is 2.31. The van der Waals surface area contributed by atoms with Crippen LogP contribution in [0.2, 0.25) is 0 Å². The van der Waals surface area contributed by atoms with E-state index in [2.05, 4.69) is 5.32 Å². The van der Waals surface area contributed by atoms with E-state index < -0.39 is 5.79 Å². The Hall–Kier alpha value is -2.90. The van der Waals surface area contributed by atoms with Gasteiger partial charge in [-0.3, -0.25) is 9.59 Å². The van der Waals surface area contributed by atoms with Crippen LogP contribution in [0.5, 0.6) is 5.75 Å². The molecule has 2 amide bonds. The molecule has 0 radical (unpaired) electrons. The summed E-state index contributed by atoms with van der Waals surface area (Å²) in [6.07, 6.45) is 1.32. The van der Waals surface area contributed by atoms with Crippen molar-refractivity contribution in [1.82, 2.24) is 4.90 Å². The summed E-state index contributed by atoms with van der Waals surface area (Å²) in [7, 11) is 1.55. The van der Waals surface area contributed by atoms with Crippen LogP contribution < -0.4 is 10.1 Å². The summed E-state index contributed by atoms with van der Waals surface area (Å²) in [6.45, 7) is 2.35. The van der Waals surface area contributed by atoms with Gasteiger partial charge in [-0.05, 0) is 30.3 Å². The Balaban J connectivity index is 1.44. The number of carbonyl (C=O) groups excluding carboxylic acids is 2. The molecular formula is C22H24N2O5. The number of ether oxygens (including phenoxy) is 3. The van der Waals surface area contributed by atoms with E-state index in [1.54, 1.807) is 48.4 Å². The van der Waals surface area contributed by atoms with Gasteiger partial charge in [0, 0.05) is 37.1 Å². The normalized spacial score (nSPS) is 17.9. The molecule has 2 aliphatic heterocycles. The number of amides is 2. The number of anilines is 1. The Morgan fingerprint density at radius 1 is 1.00 bits per heavy atom. The summed E-state index contributed by atoms with van der Waals surface area (Å²) in [5, 5.41) is 2.83. The lowest BCUT2D eigenvalue weighted by molar-refractivity contribution is -0.181. The number of para-hydroxylation sites is 2. The number of rotatable bonds is 4. The van der Waals surface area contributed by atoms with Crippen molar-refractivity contribution in [3.63, 3.8) is 0 Å². The smallest absolute Gasteiger partial charge is 0.255 e. The molecule has 1 spiro atoms. The van der Waals surface area contributed by atoms with Gasteiger partial charge in [-0.2, -0.15) is 0 Å². The van der Waals surface area contributed by atoms with Gasteiger partial charge in [0.15, 0.2) is 5.79 Å². The van der Waals surface area contributed by atoms with Crippen LogP contribution in [-0.2, 0) is 9.47 Å². The Morgan fingerprint density at radius 3 is 2.41 bits per heavy atom. The highest BCUT2D eigenvalue weighted by atomic mass is 16.7. The predicted molar refractivity (Wildman–Crippen MR) is 107 cm³/mol. The maximum Gasteiger partial charge on any atom is 0.255 e. The van der Waals surface area contributed by atoms with Crippen molar-refractivity contribution in [3.8, 4) is 5.75 Å². The fourth-order valence-electron chi connectivity index (χ4n) is 3.75. The van der Waals surface area contributed by atoms with Crippen molar-refractivity contribution in [2.75, 3.05) is 38.7 Å². The Labute approximate surface area is 169 Å². The number of hydrogen-bond donors (Lipinski definition) is 1. The van der Waals surface area contributed by atoms with E-state index in [0.29, 0.717) is 61.7 Å². The van der Waals surface area contributed by atoms with E-state index in [4.69, 9.17) is 14.2 Å². The minimum Gasteiger partial charge on any atom is -0.495 e. The van der Waals surface area contributed by atoms with Crippen molar-refractivity contribution in [2.24, 2.45) is 0 Å². The number of piperidine rings is 1. The van der Waals surface area contributed by atoms with E-state index in [1.165, 1.54) is 0 Å². The van der Waals surface area contributed by atoms with Crippen molar-refractivity contribution in [1.29, 1.82) is 0 Å². The summed E-state index contributed by atoms with van der Waals surface area (Å²) in [4.78, 5) is 27.4. The fraction of sp³-hybridized carbons (Fsp3) is 0.364. The Kier molecular flexibility index (Phi) is 5.51. The molecule has 0 bridgehead atoms. The molecular weight excluding hydrogens is 372 g/mol. The first-order chi connectivity index (χ1) is 14.1. The van der Waals surface area contributed by atoms with Crippen LogP contribution in [0.3, 0.4) is 0 Å². The van der Waals surface area contributed by atoms with Crippen LogP contribution in [0.25, 0.3) is 0 Å². The molecule has 7 heteroatoms. The summed E-state index contributed by atoms with van der Waals surface area (Å²) in [6, 6.07) is 14.0. The maximum absolute atomic E-state index is 12.9. The van der Waals surface area contributed by atoms with Crippen molar-refractivity contribution < 1.29 is 23.8 Å². The lowest BCUT2D eigenvalue weighted by Crippen LogP contribution is -2.47. The highest BCUT2D eigenvalue weighted by molar-refractivity contribution is 6.06. The molecule has 152 valence electrons. The zero-order valence-corrected chi connectivity index (χ0v) is 16.3. The van der Waals surface area contributed by atoms with Gasteiger partial charge in [0.1, 0.15) is 5.75 Å². The average Bonchev–Trinajstić information content (AvgIpc) is 3.22. The van der Waals surface area contributed by atoms with E-state index in [9.17, 15) is 9.59 Å². The number of methoxy groups -OCH3 is 1. The predicted octanol–water partition coefficient (Wildman–Crippen LogP) is 2.93. The molecule has 0 aromatic heterocycles. The molecule has 2 aromatic rings. The summed E-state index contributed by atoms with van der Waals surface area (Å²) >= 11 is 0. The van der Waals surface area contributed by atoms with Gasteiger partial charge in [-0.15, -0.1) is 0 Å². The van der Waals surface area contributed by atoms with E-state index in [1.807, 2.05) is 12.1 Å². The van der Waals surface area contributed by atoms with Crippen molar-refractivity contribution in [2.45, 2.75) is 18.6 Å². The van der Waals surface area contributed by atoms with Crippen LogP contribution in [-0.4, -0.2) is 55.9 Å². The van der Waals surface area contributed by atoms with Crippen LogP contribution in [0.4, 0.5) is 5.69 Å². The molecule has 2 saturated heterocycles. The molecule has 2 aromatic carbocycles. The third-order valence-corrected chi connectivity index (χ3v) is 5.35. The van der Waals surface area contributed by atoms with E-state index >= 15 is 0 Å².